The van der Waals surface area contributed by atoms with Crippen LogP contribution in [0, 0.1) is 10.1 Å². The predicted molar refractivity (Wildman–Crippen MR) is 62.5 cm³/mol. The molecular formula is C7H19NO7Si2. The Morgan fingerprint density at radius 3 is 2.00 bits per heavy atom. The van der Waals surface area contributed by atoms with Crippen LogP contribution in [0.5, 0.6) is 0 Å². The summed E-state index contributed by atoms with van der Waals surface area (Å²) in [6, 6.07) is -0.315. The quantitative estimate of drug-likeness (QED) is 0.250. The fourth-order valence-corrected chi connectivity index (χ4v) is 5.55. The van der Waals surface area contributed by atoms with Gasteiger partial charge in [0, 0.05) is 23.4 Å². The Morgan fingerprint density at radius 1 is 1.12 bits per heavy atom. The van der Waals surface area contributed by atoms with Crippen molar-refractivity contribution in [1.29, 1.82) is 0 Å². The van der Waals surface area contributed by atoms with Crippen molar-refractivity contribution in [2.24, 2.45) is 0 Å². The van der Waals surface area contributed by atoms with E-state index in [2.05, 4.69) is 4.12 Å². The topological polar surface area (TPSA) is 133 Å². The molecule has 0 aliphatic rings. The molecule has 0 rings (SSSR count). The van der Waals surface area contributed by atoms with Crippen molar-refractivity contribution in [2.45, 2.75) is 38.3 Å². The monoisotopic (exact) mass is 285 g/mol. The lowest BCUT2D eigenvalue weighted by molar-refractivity contribution is -0.479. The molecule has 8 nitrogen and oxygen atoms in total. The molecule has 0 saturated heterocycles. The van der Waals surface area contributed by atoms with E-state index in [9.17, 15) is 29.3 Å². The van der Waals surface area contributed by atoms with Crippen LogP contribution in [0.2, 0.25) is 12.1 Å². The molecule has 0 radical (unpaired) electrons. The third-order valence-corrected chi connectivity index (χ3v) is 6.65. The summed E-state index contributed by atoms with van der Waals surface area (Å²) in [7, 11) is -8.24. The fourth-order valence-electron chi connectivity index (χ4n) is 1.21. The lowest BCUT2D eigenvalue weighted by Crippen LogP contribution is -2.53. The molecule has 0 aromatic heterocycles. The Kier molecular flexibility index (Phi) is 7.00. The second kappa shape index (κ2) is 7.15. The van der Waals surface area contributed by atoms with Crippen molar-refractivity contribution in [2.75, 3.05) is 6.54 Å². The van der Waals surface area contributed by atoms with Crippen LogP contribution in [0.1, 0.15) is 26.2 Å². The van der Waals surface area contributed by atoms with Crippen LogP contribution in [0.25, 0.3) is 0 Å². The van der Waals surface area contributed by atoms with Gasteiger partial charge in [0.15, 0.2) is 0 Å². The van der Waals surface area contributed by atoms with E-state index in [1.165, 1.54) is 0 Å². The summed E-state index contributed by atoms with van der Waals surface area (Å²) in [6.07, 6.45) is 1.18. The Balaban J connectivity index is 4.08. The van der Waals surface area contributed by atoms with Crippen molar-refractivity contribution in [3.63, 3.8) is 0 Å². The molecular weight excluding hydrogens is 266 g/mol. The van der Waals surface area contributed by atoms with Crippen LogP contribution in [0.4, 0.5) is 0 Å². The fraction of sp³-hybridized carbons (Fsp3) is 1.00. The van der Waals surface area contributed by atoms with E-state index < -0.39 is 29.1 Å². The van der Waals surface area contributed by atoms with Gasteiger partial charge in [-0.15, -0.1) is 0 Å². The van der Waals surface area contributed by atoms with Gasteiger partial charge < -0.3 is 23.3 Å². The van der Waals surface area contributed by atoms with E-state index >= 15 is 0 Å². The maximum absolute atomic E-state index is 10.0. The molecule has 4 N–H and O–H groups in total. The standard InChI is InChI=1S/C7H19NO7Si2/c1-2-3-6-16(11,12)15-17(13,14)7-4-5-8(9)10/h11-14H,2-7H2,1H3. The van der Waals surface area contributed by atoms with Crippen LogP contribution in [0.15, 0.2) is 0 Å². The first-order chi connectivity index (χ1) is 7.68. The summed E-state index contributed by atoms with van der Waals surface area (Å²) in [4.78, 5) is 47.2. The second-order valence-corrected chi connectivity index (χ2v) is 8.64. The molecule has 0 bridgehead atoms. The summed E-state index contributed by atoms with van der Waals surface area (Å²) in [6.45, 7) is 1.45. The van der Waals surface area contributed by atoms with E-state index in [4.69, 9.17) is 0 Å². The van der Waals surface area contributed by atoms with Gasteiger partial charge in [-0.25, -0.2) is 0 Å². The number of nitro groups is 1. The summed E-state index contributed by atoms with van der Waals surface area (Å²) >= 11 is 0. The molecule has 17 heavy (non-hydrogen) atoms. The summed E-state index contributed by atoms with van der Waals surface area (Å²) < 4.78 is 4.59. The van der Waals surface area contributed by atoms with Crippen molar-refractivity contribution >= 4 is 17.6 Å². The van der Waals surface area contributed by atoms with Gasteiger partial charge in [-0.3, -0.25) is 10.1 Å². The van der Waals surface area contributed by atoms with Gasteiger partial charge in [0.2, 0.25) is 6.54 Å². The average molecular weight is 285 g/mol. The minimum absolute atomic E-state index is 0.00535. The lowest BCUT2D eigenvalue weighted by Gasteiger charge is -2.25. The third kappa shape index (κ3) is 9.35. The molecule has 0 aliphatic heterocycles. The highest BCUT2D eigenvalue weighted by Crippen LogP contribution is 2.16. The minimum Gasteiger partial charge on any atom is -0.390 e. The Hall–Kier alpha value is -0.366. The number of hydrogen-bond acceptors (Lipinski definition) is 7. The van der Waals surface area contributed by atoms with Crippen LogP contribution in [-0.2, 0) is 4.12 Å². The van der Waals surface area contributed by atoms with Crippen LogP contribution >= 0.6 is 0 Å². The molecule has 0 atom stereocenters. The molecule has 0 saturated carbocycles. The normalized spacial score (nSPS) is 12.8. The summed E-state index contributed by atoms with van der Waals surface area (Å²) in [5.41, 5.74) is 0. The first-order valence-electron chi connectivity index (χ1n) is 5.40. The molecule has 0 amide bonds. The molecule has 10 heteroatoms. The molecule has 0 aliphatic carbocycles. The number of nitrogens with zero attached hydrogens (tertiary/aromatic N) is 1. The van der Waals surface area contributed by atoms with Gasteiger partial charge >= 0.3 is 17.6 Å². The molecule has 0 unspecified atom stereocenters. The smallest absolute Gasteiger partial charge is 0.390 e. The van der Waals surface area contributed by atoms with Crippen LogP contribution in [0.3, 0.4) is 0 Å². The van der Waals surface area contributed by atoms with Gasteiger partial charge in [0.1, 0.15) is 0 Å². The first kappa shape index (κ1) is 16.6. The molecule has 0 aromatic rings. The van der Waals surface area contributed by atoms with Crippen molar-refractivity contribution in [1.82, 2.24) is 0 Å². The number of hydrogen-bond donors (Lipinski definition) is 4. The third-order valence-electron chi connectivity index (χ3n) is 2.03. The van der Waals surface area contributed by atoms with Crippen LogP contribution in [-0.4, -0.2) is 48.3 Å². The maximum Gasteiger partial charge on any atom is 0.488 e. The van der Waals surface area contributed by atoms with E-state index in [1.54, 1.807) is 0 Å². The summed E-state index contributed by atoms with van der Waals surface area (Å²) in [5.74, 6) is 0. The number of unbranched alkanes of at least 4 members (excludes halogenated alkanes) is 1. The Morgan fingerprint density at radius 2 is 1.59 bits per heavy atom. The molecule has 0 heterocycles. The highest BCUT2D eigenvalue weighted by Gasteiger charge is 2.44. The van der Waals surface area contributed by atoms with E-state index in [0.717, 1.165) is 6.42 Å². The van der Waals surface area contributed by atoms with Gasteiger partial charge in [-0.2, -0.15) is 0 Å². The van der Waals surface area contributed by atoms with Gasteiger partial charge in [-0.1, -0.05) is 13.3 Å². The zero-order valence-corrected chi connectivity index (χ0v) is 11.7. The maximum atomic E-state index is 10.0. The summed E-state index contributed by atoms with van der Waals surface area (Å²) in [5, 5.41) is 10.0. The van der Waals surface area contributed by atoms with E-state index in [1.807, 2.05) is 6.92 Å². The highest BCUT2D eigenvalue weighted by atomic mass is 28.5. The SMILES string of the molecule is CCCC[Si](O)(O)O[Si](O)(O)CCC[N+](=O)[O-]. The van der Waals surface area contributed by atoms with Crippen LogP contribution < -0.4 is 0 Å². The molecule has 0 fully saturated rings. The van der Waals surface area contributed by atoms with E-state index in [0.29, 0.717) is 6.42 Å². The zero-order valence-electron chi connectivity index (χ0n) is 9.70. The largest absolute Gasteiger partial charge is 0.488 e. The highest BCUT2D eigenvalue weighted by molar-refractivity contribution is 6.72. The Labute approximate surface area is 101 Å². The first-order valence-corrected chi connectivity index (χ1v) is 9.42. The molecule has 102 valence electrons. The van der Waals surface area contributed by atoms with E-state index in [-0.39, 0.29) is 18.5 Å². The van der Waals surface area contributed by atoms with Gasteiger partial charge in [0.05, 0.1) is 0 Å². The zero-order chi connectivity index (χ0) is 13.5. The lowest BCUT2D eigenvalue weighted by atomic mass is 10.4. The van der Waals surface area contributed by atoms with Crippen molar-refractivity contribution in [3.8, 4) is 0 Å². The molecule has 0 spiro atoms. The average Bonchev–Trinajstić information content (AvgIpc) is 2.12. The minimum atomic E-state index is -4.20. The second-order valence-electron chi connectivity index (χ2n) is 3.85. The predicted octanol–water partition coefficient (Wildman–Crippen LogP) is -0.683. The Bertz CT molecular complexity index is 248. The van der Waals surface area contributed by atoms with Gasteiger partial charge in [0.25, 0.3) is 0 Å². The number of rotatable bonds is 9. The van der Waals surface area contributed by atoms with Gasteiger partial charge in [-0.05, 0) is 6.42 Å². The van der Waals surface area contributed by atoms with Crippen molar-refractivity contribution < 1.29 is 28.2 Å². The molecule has 0 aromatic carbocycles. The van der Waals surface area contributed by atoms with Crippen molar-refractivity contribution in [3.05, 3.63) is 10.1 Å².